The molecular formula is C22H21NO3S. The lowest BCUT2D eigenvalue weighted by atomic mass is 10.0. The molecule has 1 atom stereocenters. The van der Waals surface area contributed by atoms with Crippen molar-refractivity contribution in [2.24, 2.45) is 0 Å². The molecule has 0 bridgehead atoms. The van der Waals surface area contributed by atoms with E-state index in [-0.39, 0.29) is 24.3 Å². The van der Waals surface area contributed by atoms with Gasteiger partial charge in [0.2, 0.25) is 0 Å². The van der Waals surface area contributed by atoms with E-state index in [1.54, 1.807) is 35.6 Å². The minimum Gasteiger partial charge on any atom is -0.484 e. The molecule has 0 saturated carbocycles. The van der Waals surface area contributed by atoms with Crippen LogP contribution < -0.4 is 10.1 Å². The average Bonchev–Trinajstić information content (AvgIpc) is 3.20. The molecule has 27 heavy (non-hydrogen) atoms. The molecule has 1 aromatic heterocycles. The lowest BCUT2D eigenvalue weighted by molar-refractivity contribution is -0.123. The van der Waals surface area contributed by atoms with Crippen LogP contribution in [0.2, 0.25) is 0 Å². The molecule has 4 nitrogen and oxygen atoms in total. The number of aryl methyl sites for hydroxylation is 1. The fraction of sp³-hybridized carbons (Fsp3) is 0.182. The lowest BCUT2D eigenvalue weighted by Gasteiger charge is -2.18. The van der Waals surface area contributed by atoms with E-state index in [0.29, 0.717) is 11.3 Å². The van der Waals surface area contributed by atoms with Gasteiger partial charge in [-0.1, -0.05) is 48.0 Å². The Morgan fingerprint density at radius 3 is 2.52 bits per heavy atom. The standard InChI is InChI=1S/C22H21NO3S/c1-15-8-10-17(11-9-15)22(20-7-4-12-27-20)23-21(25)14-26-19-6-3-5-18(13-19)16(2)24/h3-13,22H,14H2,1-2H3,(H,23,25)/t22-/m0/s1. The van der Waals surface area contributed by atoms with Crippen LogP contribution in [0.15, 0.2) is 66.0 Å². The SMILES string of the molecule is CC(=O)c1cccc(OCC(=O)N[C@@H](c2ccc(C)cc2)c2cccs2)c1. The van der Waals surface area contributed by atoms with Crippen LogP contribution in [0.5, 0.6) is 5.75 Å². The molecule has 2 aromatic carbocycles. The van der Waals surface area contributed by atoms with Gasteiger partial charge in [0.05, 0.1) is 6.04 Å². The second kappa shape index (κ2) is 8.64. The summed E-state index contributed by atoms with van der Waals surface area (Å²) in [5, 5.41) is 5.03. The second-order valence-corrected chi connectivity index (χ2v) is 7.28. The van der Waals surface area contributed by atoms with E-state index in [1.165, 1.54) is 12.5 Å². The fourth-order valence-corrected chi connectivity index (χ4v) is 3.49. The van der Waals surface area contributed by atoms with Gasteiger partial charge in [0.15, 0.2) is 12.4 Å². The van der Waals surface area contributed by atoms with Crippen molar-refractivity contribution in [1.82, 2.24) is 5.32 Å². The van der Waals surface area contributed by atoms with Crippen LogP contribution >= 0.6 is 11.3 Å². The molecule has 0 aliphatic heterocycles. The molecule has 0 radical (unpaired) electrons. The van der Waals surface area contributed by atoms with E-state index in [2.05, 4.69) is 5.32 Å². The smallest absolute Gasteiger partial charge is 0.258 e. The molecule has 3 rings (SSSR count). The van der Waals surface area contributed by atoms with Crippen molar-refractivity contribution in [1.29, 1.82) is 0 Å². The third-order valence-corrected chi connectivity index (χ3v) is 5.09. The fourth-order valence-electron chi connectivity index (χ4n) is 2.69. The summed E-state index contributed by atoms with van der Waals surface area (Å²) < 4.78 is 5.57. The van der Waals surface area contributed by atoms with E-state index in [4.69, 9.17) is 4.74 Å². The number of hydrogen-bond acceptors (Lipinski definition) is 4. The van der Waals surface area contributed by atoms with Gasteiger partial charge in [-0.2, -0.15) is 0 Å². The van der Waals surface area contributed by atoms with Gasteiger partial charge < -0.3 is 10.1 Å². The molecule has 0 aliphatic carbocycles. The van der Waals surface area contributed by atoms with Crippen molar-refractivity contribution in [2.75, 3.05) is 6.61 Å². The van der Waals surface area contributed by atoms with Crippen molar-refractivity contribution in [3.8, 4) is 5.75 Å². The zero-order chi connectivity index (χ0) is 19.2. The van der Waals surface area contributed by atoms with Crippen molar-refractivity contribution in [3.63, 3.8) is 0 Å². The predicted molar refractivity (Wildman–Crippen MR) is 107 cm³/mol. The Bertz CT molecular complexity index is 917. The van der Waals surface area contributed by atoms with Gasteiger partial charge in [-0.15, -0.1) is 11.3 Å². The highest BCUT2D eigenvalue weighted by atomic mass is 32.1. The summed E-state index contributed by atoms with van der Waals surface area (Å²) in [6.45, 7) is 3.42. The topological polar surface area (TPSA) is 55.4 Å². The molecule has 0 fully saturated rings. The van der Waals surface area contributed by atoms with Crippen molar-refractivity contribution in [3.05, 3.63) is 87.6 Å². The van der Waals surface area contributed by atoms with E-state index < -0.39 is 0 Å². The molecule has 1 amide bonds. The maximum absolute atomic E-state index is 12.5. The monoisotopic (exact) mass is 379 g/mol. The van der Waals surface area contributed by atoms with E-state index in [9.17, 15) is 9.59 Å². The number of amides is 1. The number of ether oxygens (including phenoxy) is 1. The third-order valence-electron chi connectivity index (χ3n) is 4.15. The van der Waals surface area contributed by atoms with E-state index >= 15 is 0 Å². The summed E-state index contributed by atoms with van der Waals surface area (Å²) in [6.07, 6.45) is 0. The number of carbonyl (C=O) groups excluding carboxylic acids is 2. The molecular weight excluding hydrogens is 358 g/mol. The number of thiophene rings is 1. The normalized spacial score (nSPS) is 11.6. The molecule has 5 heteroatoms. The molecule has 0 unspecified atom stereocenters. The number of nitrogens with one attached hydrogen (secondary N) is 1. The summed E-state index contributed by atoms with van der Waals surface area (Å²) in [6, 6.07) is 18.7. The van der Waals surface area contributed by atoms with Crippen LogP contribution in [0.4, 0.5) is 0 Å². The molecule has 1 N–H and O–H groups in total. The number of carbonyl (C=O) groups is 2. The minimum absolute atomic E-state index is 0.0398. The largest absolute Gasteiger partial charge is 0.484 e. The summed E-state index contributed by atoms with van der Waals surface area (Å²) in [5.41, 5.74) is 2.75. The zero-order valence-corrected chi connectivity index (χ0v) is 16.1. The molecule has 0 spiro atoms. The Labute approximate surface area is 162 Å². The highest BCUT2D eigenvalue weighted by molar-refractivity contribution is 7.10. The summed E-state index contributed by atoms with van der Waals surface area (Å²) in [7, 11) is 0. The van der Waals surface area contributed by atoms with Gasteiger partial charge in [-0.05, 0) is 43.0 Å². The molecule has 0 aliphatic rings. The highest BCUT2D eigenvalue weighted by Gasteiger charge is 2.18. The maximum Gasteiger partial charge on any atom is 0.258 e. The first kappa shape index (κ1) is 18.9. The first-order valence-corrected chi connectivity index (χ1v) is 9.54. The van der Waals surface area contributed by atoms with Crippen molar-refractivity contribution < 1.29 is 14.3 Å². The number of Topliss-reactive ketones (excluding diaryl/α,β-unsaturated/α-hetero) is 1. The Kier molecular flexibility index (Phi) is 6.04. The van der Waals surface area contributed by atoms with Gasteiger partial charge in [0.1, 0.15) is 5.75 Å². The minimum atomic E-state index is -0.220. The Balaban J connectivity index is 1.69. The Hall–Kier alpha value is -2.92. The number of hydrogen-bond donors (Lipinski definition) is 1. The van der Waals surface area contributed by atoms with Crippen molar-refractivity contribution >= 4 is 23.0 Å². The van der Waals surface area contributed by atoms with Gasteiger partial charge in [-0.25, -0.2) is 0 Å². The summed E-state index contributed by atoms with van der Waals surface area (Å²) in [4.78, 5) is 25.0. The second-order valence-electron chi connectivity index (χ2n) is 6.30. The van der Waals surface area contributed by atoms with Crippen LogP contribution in [-0.2, 0) is 4.79 Å². The summed E-state index contributed by atoms with van der Waals surface area (Å²) in [5.74, 6) is 0.241. The van der Waals surface area contributed by atoms with Crippen LogP contribution in [0.25, 0.3) is 0 Å². The van der Waals surface area contributed by atoms with Gasteiger partial charge >= 0.3 is 0 Å². The van der Waals surface area contributed by atoms with Crippen LogP contribution in [-0.4, -0.2) is 18.3 Å². The van der Waals surface area contributed by atoms with E-state index in [0.717, 1.165) is 10.4 Å². The highest BCUT2D eigenvalue weighted by Crippen LogP contribution is 2.26. The van der Waals surface area contributed by atoms with Crippen LogP contribution in [0.3, 0.4) is 0 Å². The van der Waals surface area contributed by atoms with Crippen LogP contribution in [0.1, 0.15) is 39.3 Å². The predicted octanol–water partition coefficient (Wildman–Crippen LogP) is 4.54. The number of ketones is 1. The number of benzene rings is 2. The molecule has 138 valence electrons. The van der Waals surface area contributed by atoms with Gasteiger partial charge in [0.25, 0.3) is 5.91 Å². The summed E-state index contributed by atoms with van der Waals surface area (Å²) >= 11 is 1.60. The first-order valence-electron chi connectivity index (χ1n) is 8.66. The van der Waals surface area contributed by atoms with Gasteiger partial charge in [0, 0.05) is 10.4 Å². The number of rotatable bonds is 7. The quantitative estimate of drug-likeness (QED) is 0.613. The Morgan fingerprint density at radius 2 is 1.85 bits per heavy atom. The third kappa shape index (κ3) is 5.05. The average molecular weight is 379 g/mol. The van der Waals surface area contributed by atoms with Gasteiger partial charge in [-0.3, -0.25) is 9.59 Å². The first-order chi connectivity index (χ1) is 13.0. The van der Waals surface area contributed by atoms with Crippen LogP contribution in [0, 0.1) is 6.92 Å². The zero-order valence-electron chi connectivity index (χ0n) is 15.3. The molecule has 1 heterocycles. The van der Waals surface area contributed by atoms with E-state index in [1.807, 2.05) is 48.7 Å². The molecule has 0 saturated heterocycles. The lowest BCUT2D eigenvalue weighted by Crippen LogP contribution is -2.32. The molecule has 3 aromatic rings. The Morgan fingerprint density at radius 1 is 1.07 bits per heavy atom. The van der Waals surface area contributed by atoms with Crippen molar-refractivity contribution in [2.45, 2.75) is 19.9 Å². The maximum atomic E-state index is 12.5.